The molecule has 0 fully saturated rings. The number of methoxy groups -OCH3 is 1. The molecule has 0 heterocycles. The van der Waals surface area contributed by atoms with Gasteiger partial charge in [-0.3, -0.25) is 0 Å². The van der Waals surface area contributed by atoms with Crippen LogP contribution in [-0.4, -0.2) is 31.4 Å². The van der Waals surface area contributed by atoms with E-state index in [1.54, 1.807) is 7.11 Å². The molecule has 17 heavy (non-hydrogen) atoms. The van der Waals surface area contributed by atoms with E-state index < -0.39 is 0 Å². The molecule has 1 aromatic rings. The van der Waals surface area contributed by atoms with E-state index in [4.69, 9.17) is 16.3 Å². The maximum atomic E-state index is 9.41. The number of aliphatic hydroxyl groups excluding tert-OH is 1. The molecule has 96 valence electrons. The summed E-state index contributed by atoms with van der Waals surface area (Å²) in [5, 5.41) is 10.1. The summed E-state index contributed by atoms with van der Waals surface area (Å²) in [5.41, 5.74) is 1.50. The van der Waals surface area contributed by atoms with Crippen molar-refractivity contribution in [1.82, 2.24) is 0 Å². The van der Waals surface area contributed by atoms with E-state index in [-0.39, 0.29) is 12.1 Å². The van der Waals surface area contributed by atoms with Crippen LogP contribution in [0.1, 0.15) is 19.4 Å². The van der Waals surface area contributed by atoms with Crippen molar-refractivity contribution in [3.63, 3.8) is 0 Å². The predicted octanol–water partition coefficient (Wildman–Crippen LogP) is 2.86. The fourth-order valence-electron chi connectivity index (χ4n) is 1.66. The van der Waals surface area contributed by atoms with Crippen molar-refractivity contribution >= 4 is 17.3 Å². The summed E-state index contributed by atoms with van der Waals surface area (Å²) in [7, 11) is 3.56. The number of likely N-dealkylation sites (N-methyl/N-ethyl adjacent to an activating group) is 1. The van der Waals surface area contributed by atoms with Crippen LogP contribution in [0.25, 0.3) is 0 Å². The summed E-state index contributed by atoms with van der Waals surface area (Å²) in [5.74, 6) is 0.790. The average Bonchev–Trinajstić information content (AvgIpc) is 2.27. The van der Waals surface area contributed by atoms with Crippen LogP contribution in [0.3, 0.4) is 0 Å². The van der Waals surface area contributed by atoms with E-state index in [0.29, 0.717) is 5.02 Å². The number of nitrogens with zero attached hydrogens (tertiary/aromatic N) is 1. The number of ether oxygens (including phenoxy) is 1. The Morgan fingerprint density at radius 2 is 2.00 bits per heavy atom. The Morgan fingerprint density at radius 3 is 2.47 bits per heavy atom. The van der Waals surface area contributed by atoms with Crippen LogP contribution in [-0.2, 0) is 0 Å². The smallest absolute Gasteiger partial charge is 0.145 e. The van der Waals surface area contributed by atoms with E-state index in [1.807, 2.05) is 44.9 Å². The molecule has 0 radical (unpaired) electrons. The zero-order valence-corrected chi connectivity index (χ0v) is 11.8. The first-order valence-corrected chi connectivity index (χ1v) is 5.90. The Hall–Kier alpha value is -0.930. The van der Waals surface area contributed by atoms with Crippen molar-refractivity contribution in [3.8, 4) is 5.75 Å². The van der Waals surface area contributed by atoms with Gasteiger partial charge in [-0.05, 0) is 38.5 Å². The molecule has 0 bridgehead atoms. The van der Waals surface area contributed by atoms with Gasteiger partial charge in [0.25, 0.3) is 0 Å². The zero-order valence-electron chi connectivity index (χ0n) is 11.0. The molecule has 1 N–H and O–H groups in total. The molecule has 0 aliphatic carbocycles. The lowest BCUT2D eigenvalue weighted by atomic mass is 10.0. The van der Waals surface area contributed by atoms with Crippen molar-refractivity contribution in [3.05, 3.63) is 22.7 Å². The Labute approximate surface area is 108 Å². The molecule has 0 atom stereocenters. The monoisotopic (exact) mass is 257 g/mol. The number of rotatable bonds is 4. The molecule has 1 aromatic carbocycles. The van der Waals surface area contributed by atoms with Crippen molar-refractivity contribution in [2.75, 3.05) is 25.7 Å². The Bertz CT molecular complexity index is 405. The Kier molecular flexibility index (Phi) is 4.28. The number of aryl methyl sites for hydroxylation is 1. The van der Waals surface area contributed by atoms with E-state index in [2.05, 4.69) is 0 Å². The molecule has 0 amide bonds. The third-order valence-electron chi connectivity index (χ3n) is 3.08. The second-order valence-electron chi connectivity index (χ2n) is 4.80. The maximum absolute atomic E-state index is 9.41. The highest BCUT2D eigenvalue weighted by atomic mass is 35.5. The molecule has 0 unspecified atom stereocenters. The summed E-state index contributed by atoms with van der Waals surface area (Å²) in [6.45, 7) is 5.93. The van der Waals surface area contributed by atoms with Crippen LogP contribution in [0.15, 0.2) is 12.1 Å². The largest absolute Gasteiger partial charge is 0.494 e. The van der Waals surface area contributed by atoms with Crippen LogP contribution in [0.4, 0.5) is 5.69 Å². The third-order valence-corrected chi connectivity index (χ3v) is 3.30. The lowest BCUT2D eigenvalue weighted by molar-refractivity contribution is 0.215. The van der Waals surface area contributed by atoms with E-state index in [9.17, 15) is 5.11 Å². The standard InChI is InChI=1S/C13H20ClNO2/c1-9-6-10(14)7-11(12(9)17-5)15(4)13(2,3)8-16/h6-7,16H,8H2,1-5H3. The molecule has 1 rings (SSSR count). The summed E-state index contributed by atoms with van der Waals surface area (Å²) < 4.78 is 5.41. The van der Waals surface area contributed by atoms with Gasteiger partial charge < -0.3 is 14.7 Å². The SMILES string of the molecule is COc1c(C)cc(Cl)cc1N(C)C(C)(C)CO. The van der Waals surface area contributed by atoms with Gasteiger partial charge in [0.15, 0.2) is 0 Å². The predicted molar refractivity (Wildman–Crippen MR) is 72.3 cm³/mol. The second kappa shape index (κ2) is 5.15. The summed E-state index contributed by atoms with van der Waals surface area (Å²) >= 11 is 6.07. The minimum atomic E-state index is -0.371. The van der Waals surface area contributed by atoms with Gasteiger partial charge in [0.1, 0.15) is 5.75 Å². The van der Waals surface area contributed by atoms with Crippen LogP contribution < -0.4 is 9.64 Å². The van der Waals surface area contributed by atoms with Crippen molar-refractivity contribution in [1.29, 1.82) is 0 Å². The number of aliphatic hydroxyl groups is 1. The van der Waals surface area contributed by atoms with Gasteiger partial charge >= 0.3 is 0 Å². The summed E-state index contributed by atoms with van der Waals surface area (Å²) in [4.78, 5) is 1.98. The van der Waals surface area contributed by atoms with Gasteiger partial charge in [0.05, 0.1) is 24.9 Å². The van der Waals surface area contributed by atoms with Crippen LogP contribution >= 0.6 is 11.6 Å². The third kappa shape index (κ3) is 2.85. The average molecular weight is 258 g/mol. The van der Waals surface area contributed by atoms with Crippen molar-refractivity contribution in [2.24, 2.45) is 0 Å². The molecule has 0 spiro atoms. The van der Waals surface area contributed by atoms with Crippen LogP contribution in [0.2, 0.25) is 5.02 Å². The van der Waals surface area contributed by atoms with E-state index in [1.165, 1.54) is 0 Å². The fraction of sp³-hybridized carbons (Fsp3) is 0.538. The van der Waals surface area contributed by atoms with E-state index >= 15 is 0 Å². The van der Waals surface area contributed by atoms with Gasteiger partial charge in [-0.15, -0.1) is 0 Å². The lowest BCUT2D eigenvalue weighted by Gasteiger charge is -2.37. The van der Waals surface area contributed by atoms with Gasteiger partial charge in [-0.2, -0.15) is 0 Å². The lowest BCUT2D eigenvalue weighted by Crippen LogP contribution is -2.44. The molecule has 0 saturated carbocycles. The van der Waals surface area contributed by atoms with Crippen molar-refractivity contribution < 1.29 is 9.84 Å². The molecule has 4 heteroatoms. The fourth-order valence-corrected chi connectivity index (χ4v) is 1.93. The van der Waals surface area contributed by atoms with Crippen molar-refractivity contribution in [2.45, 2.75) is 26.3 Å². The van der Waals surface area contributed by atoms with Gasteiger partial charge in [-0.1, -0.05) is 11.6 Å². The molecular weight excluding hydrogens is 238 g/mol. The number of hydrogen-bond acceptors (Lipinski definition) is 3. The quantitative estimate of drug-likeness (QED) is 0.900. The van der Waals surface area contributed by atoms with Gasteiger partial charge in [0.2, 0.25) is 0 Å². The minimum Gasteiger partial charge on any atom is -0.494 e. The maximum Gasteiger partial charge on any atom is 0.145 e. The topological polar surface area (TPSA) is 32.7 Å². The highest BCUT2D eigenvalue weighted by Gasteiger charge is 2.25. The van der Waals surface area contributed by atoms with Crippen LogP contribution in [0, 0.1) is 6.92 Å². The molecule has 3 nitrogen and oxygen atoms in total. The molecule has 0 aliphatic heterocycles. The molecule has 0 aromatic heterocycles. The Morgan fingerprint density at radius 1 is 1.41 bits per heavy atom. The summed E-state index contributed by atoms with van der Waals surface area (Å²) in [6.07, 6.45) is 0. The second-order valence-corrected chi connectivity index (χ2v) is 5.24. The Balaban J connectivity index is 3.30. The van der Waals surface area contributed by atoms with Gasteiger partial charge in [0, 0.05) is 12.1 Å². The zero-order chi connectivity index (χ0) is 13.2. The van der Waals surface area contributed by atoms with Gasteiger partial charge in [-0.25, -0.2) is 0 Å². The number of hydrogen-bond donors (Lipinski definition) is 1. The van der Waals surface area contributed by atoms with E-state index in [0.717, 1.165) is 17.0 Å². The molecule has 0 saturated heterocycles. The number of benzene rings is 1. The molecular formula is C13H20ClNO2. The first-order valence-electron chi connectivity index (χ1n) is 5.52. The highest BCUT2D eigenvalue weighted by Crippen LogP contribution is 2.37. The van der Waals surface area contributed by atoms with Crippen LogP contribution in [0.5, 0.6) is 5.75 Å². The first kappa shape index (κ1) is 14.1. The summed E-state index contributed by atoms with van der Waals surface area (Å²) in [6, 6.07) is 3.72. The first-order chi connectivity index (χ1) is 7.83. The number of halogens is 1. The molecule has 0 aliphatic rings. The number of anilines is 1. The highest BCUT2D eigenvalue weighted by molar-refractivity contribution is 6.31. The minimum absolute atomic E-state index is 0.0538. The normalized spacial score (nSPS) is 11.5.